The summed E-state index contributed by atoms with van der Waals surface area (Å²) in [5, 5.41) is 0. The first-order valence-corrected chi connectivity index (χ1v) is 11.1. The molecule has 0 N–H and O–H groups in total. The molecule has 0 amide bonds. The van der Waals surface area contributed by atoms with Gasteiger partial charge in [0.1, 0.15) is 17.9 Å². The summed E-state index contributed by atoms with van der Waals surface area (Å²) in [5.41, 5.74) is 3.98. The van der Waals surface area contributed by atoms with E-state index in [1.807, 2.05) is 6.21 Å². The lowest BCUT2D eigenvalue weighted by atomic mass is 9.93. The van der Waals surface area contributed by atoms with E-state index in [1.165, 1.54) is 24.5 Å². The summed E-state index contributed by atoms with van der Waals surface area (Å²) in [7, 11) is -3.30. The van der Waals surface area contributed by atoms with Crippen molar-refractivity contribution < 1.29 is 12.8 Å². The average molecular weight is 409 g/mol. The fraction of sp³-hybridized carbons (Fsp3) is 0.227. The molecule has 0 aromatic heterocycles. The number of rotatable bonds is 5. The lowest BCUT2D eigenvalue weighted by Crippen LogP contribution is -2.19. The average Bonchev–Trinajstić information content (AvgIpc) is 3.24. The number of halogens is 1. The maximum absolute atomic E-state index is 14.6. The van der Waals surface area contributed by atoms with Gasteiger partial charge in [-0.25, -0.2) is 22.8 Å². The van der Waals surface area contributed by atoms with Crippen LogP contribution in [-0.2, 0) is 9.84 Å². The van der Waals surface area contributed by atoms with Crippen molar-refractivity contribution >= 4 is 33.8 Å². The SMILES string of the molecule is CCC1C=NC(c2ccc(F)c(-c3ccc(S(=O)(=O)CC)cc3)c2)=C2N=CN=C21. The number of sulfone groups is 1. The summed E-state index contributed by atoms with van der Waals surface area (Å²) >= 11 is 0. The molecular weight excluding hydrogens is 389 g/mol. The van der Waals surface area contributed by atoms with Crippen LogP contribution in [0.15, 0.2) is 68.0 Å². The number of nitrogens with zero attached hydrogens (tertiary/aromatic N) is 3. The van der Waals surface area contributed by atoms with Gasteiger partial charge in [-0.1, -0.05) is 26.0 Å². The van der Waals surface area contributed by atoms with Gasteiger partial charge in [0.25, 0.3) is 0 Å². The molecule has 4 rings (SSSR count). The van der Waals surface area contributed by atoms with Gasteiger partial charge in [0.2, 0.25) is 0 Å². The first-order chi connectivity index (χ1) is 13.9. The molecule has 0 saturated carbocycles. The van der Waals surface area contributed by atoms with Gasteiger partial charge in [-0.3, -0.25) is 4.99 Å². The van der Waals surface area contributed by atoms with Crippen molar-refractivity contribution in [1.29, 1.82) is 0 Å². The minimum Gasteiger partial charge on any atom is -0.258 e. The van der Waals surface area contributed by atoms with Crippen LogP contribution in [0, 0.1) is 11.7 Å². The van der Waals surface area contributed by atoms with Crippen molar-refractivity contribution in [1.82, 2.24) is 0 Å². The highest BCUT2D eigenvalue weighted by atomic mass is 32.2. The third-order valence-electron chi connectivity index (χ3n) is 5.17. The van der Waals surface area contributed by atoms with Gasteiger partial charge >= 0.3 is 0 Å². The topological polar surface area (TPSA) is 71.2 Å². The number of fused-ring (bicyclic) bond motifs is 1. The Morgan fingerprint density at radius 3 is 2.38 bits per heavy atom. The van der Waals surface area contributed by atoms with Crippen LogP contribution in [0.25, 0.3) is 16.8 Å². The molecule has 2 aromatic carbocycles. The van der Waals surface area contributed by atoms with E-state index >= 15 is 0 Å². The number of benzene rings is 2. The highest BCUT2D eigenvalue weighted by molar-refractivity contribution is 7.91. The smallest absolute Gasteiger partial charge is 0.178 e. The lowest BCUT2D eigenvalue weighted by molar-refractivity contribution is 0.597. The Bertz CT molecular complexity index is 1190. The van der Waals surface area contributed by atoms with E-state index < -0.39 is 9.84 Å². The van der Waals surface area contributed by atoms with Gasteiger partial charge in [0.05, 0.1) is 22.1 Å². The number of allylic oxidation sites excluding steroid dienone is 1. The molecule has 29 heavy (non-hydrogen) atoms. The van der Waals surface area contributed by atoms with E-state index in [4.69, 9.17) is 0 Å². The van der Waals surface area contributed by atoms with Gasteiger partial charge in [0.15, 0.2) is 9.84 Å². The molecular formula is C22H20FN3O2S. The minimum atomic E-state index is -3.30. The second kappa shape index (κ2) is 7.48. The summed E-state index contributed by atoms with van der Waals surface area (Å²) in [6, 6.07) is 11.1. The van der Waals surface area contributed by atoms with Crippen molar-refractivity contribution in [2.45, 2.75) is 25.2 Å². The van der Waals surface area contributed by atoms with Crippen LogP contribution in [0.3, 0.4) is 0 Å². The molecule has 1 atom stereocenters. The van der Waals surface area contributed by atoms with Crippen LogP contribution < -0.4 is 0 Å². The molecule has 2 aliphatic heterocycles. The van der Waals surface area contributed by atoms with E-state index in [-0.39, 0.29) is 22.4 Å². The molecule has 0 saturated heterocycles. The van der Waals surface area contributed by atoms with Gasteiger partial charge in [0, 0.05) is 23.3 Å². The van der Waals surface area contributed by atoms with Gasteiger partial charge < -0.3 is 0 Å². The van der Waals surface area contributed by atoms with Gasteiger partial charge in [-0.15, -0.1) is 0 Å². The quantitative estimate of drug-likeness (QED) is 0.727. The van der Waals surface area contributed by atoms with E-state index in [9.17, 15) is 12.8 Å². The highest BCUT2D eigenvalue weighted by Crippen LogP contribution is 2.34. The van der Waals surface area contributed by atoms with Crippen LogP contribution in [0.1, 0.15) is 25.8 Å². The first kappa shape index (κ1) is 19.4. The highest BCUT2D eigenvalue weighted by Gasteiger charge is 2.27. The summed E-state index contributed by atoms with van der Waals surface area (Å²) in [4.78, 5) is 13.5. The molecule has 0 aliphatic carbocycles. The normalized spacial score (nSPS) is 18.2. The number of hydrogen-bond acceptors (Lipinski definition) is 5. The molecule has 1 unspecified atom stereocenters. The predicted octanol–water partition coefficient (Wildman–Crippen LogP) is 4.55. The summed E-state index contributed by atoms with van der Waals surface area (Å²) < 4.78 is 38.6. The van der Waals surface area contributed by atoms with E-state index in [2.05, 4.69) is 21.9 Å². The monoisotopic (exact) mass is 409 g/mol. The summed E-state index contributed by atoms with van der Waals surface area (Å²) in [6.07, 6.45) is 4.27. The third kappa shape index (κ3) is 3.46. The van der Waals surface area contributed by atoms with Crippen LogP contribution in [0.4, 0.5) is 4.39 Å². The molecule has 2 aromatic rings. The standard InChI is InChI=1S/C22H20FN3O2S/c1-3-14-12-24-21(22-20(14)25-13-26-22)16-7-10-19(23)18(11-16)15-5-8-17(9-6-15)29(27,28)4-2/h5-14H,3-4H2,1-2H3. The Kier molecular flexibility index (Phi) is 5.00. The third-order valence-corrected chi connectivity index (χ3v) is 6.92. The maximum atomic E-state index is 14.6. The molecule has 0 radical (unpaired) electrons. The van der Waals surface area contributed by atoms with Crippen LogP contribution in [0.5, 0.6) is 0 Å². The summed E-state index contributed by atoms with van der Waals surface area (Å²) in [6.45, 7) is 3.66. The zero-order valence-corrected chi connectivity index (χ0v) is 16.9. The second-order valence-corrected chi connectivity index (χ2v) is 9.15. The summed E-state index contributed by atoms with van der Waals surface area (Å²) in [5.74, 6) is -0.237. The fourth-order valence-electron chi connectivity index (χ4n) is 3.44. The van der Waals surface area contributed by atoms with E-state index in [0.29, 0.717) is 16.8 Å². The van der Waals surface area contributed by atoms with Crippen molar-refractivity contribution in [3.8, 4) is 11.1 Å². The minimum absolute atomic E-state index is 0.0221. The Morgan fingerprint density at radius 2 is 1.69 bits per heavy atom. The first-order valence-electron chi connectivity index (χ1n) is 9.46. The van der Waals surface area contributed by atoms with Gasteiger partial charge in [-0.05, 0) is 42.3 Å². The van der Waals surface area contributed by atoms with Crippen molar-refractivity contribution in [3.63, 3.8) is 0 Å². The number of aliphatic imine (C=N–C) groups is 3. The molecule has 148 valence electrons. The Labute approximate surface area is 169 Å². The molecule has 2 aliphatic rings. The Balaban J connectivity index is 1.76. The Morgan fingerprint density at radius 1 is 0.966 bits per heavy atom. The fourth-order valence-corrected chi connectivity index (χ4v) is 4.32. The maximum Gasteiger partial charge on any atom is 0.178 e. The largest absolute Gasteiger partial charge is 0.258 e. The predicted molar refractivity (Wildman–Crippen MR) is 115 cm³/mol. The number of hydrogen-bond donors (Lipinski definition) is 0. The lowest BCUT2D eigenvalue weighted by Gasteiger charge is -2.18. The molecule has 5 nitrogen and oxygen atoms in total. The van der Waals surface area contributed by atoms with Crippen LogP contribution >= 0.6 is 0 Å². The molecule has 7 heteroatoms. The van der Waals surface area contributed by atoms with Crippen molar-refractivity contribution in [3.05, 3.63) is 59.5 Å². The van der Waals surface area contributed by atoms with Crippen molar-refractivity contribution in [2.24, 2.45) is 20.9 Å². The zero-order chi connectivity index (χ0) is 20.6. The Hall–Kier alpha value is -2.93. The molecule has 0 fully saturated rings. The molecule has 0 bridgehead atoms. The van der Waals surface area contributed by atoms with Crippen molar-refractivity contribution in [2.75, 3.05) is 5.75 Å². The van der Waals surface area contributed by atoms with Gasteiger partial charge in [-0.2, -0.15) is 0 Å². The van der Waals surface area contributed by atoms with E-state index in [1.54, 1.807) is 31.2 Å². The van der Waals surface area contributed by atoms with E-state index in [0.717, 1.165) is 23.4 Å². The molecule has 0 spiro atoms. The zero-order valence-electron chi connectivity index (χ0n) is 16.1. The van der Waals surface area contributed by atoms with Crippen LogP contribution in [-0.4, -0.2) is 32.4 Å². The second-order valence-electron chi connectivity index (χ2n) is 6.87. The molecule has 2 heterocycles. The van der Waals surface area contributed by atoms with Crippen LogP contribution in [0.2, 0.25) is 0 Å².